The minimum Gasteiger partial charge on any atom is -0.426 e. The van der Waals surface area contributed by atoms with Crippen LogP contribution in [0.25, 0.3) is 0 Å². The number of rotatable bonds is 10. The molecule has 1 aromatic rings. The third-order valence-electron chi connectivity index (χ3n) is 6.65. The van der Waals surface area contributed by atoms with Crippen LogP contribution in [0, 0.1) is 29.3 Å². The minimum atomic E-state index is -1.57. The predicted molar refractivity (Wildman–Crippen MR) is 115 cm³/mol. The second-order valence-corrected chi connectivity index (χ2v) is 9.15. The van der Waals surface area contributed by atoms with Gasteiger partial charge in [0, 0.05) is 25.3 Å². The molecule has 3 rings (SSSR count). The van der Waals surface area contributed by atoms with E-state index in [9.17, 15) is 18.0 Å². The summed E-state index contributed by atoms with van der Waals surface area (Å²) in [6, 6.07) is 1.38. The van der Waals surface area contributed by atoms with Crippen molar-refractivity contribution in [2.24, 2.45) is 11.8 Å². The van der Waals surface area contributed by atoms with E-state index in [0.717, 1.165) is 58.2 Å². The number of carbonyl (C=O) groups excluding carboxylic acids is 1. The van der Waals surface area contributed by atoms with Crippen LogP contribution in [0.1, 0.15) is 77.6 Å². The van der Waals surface area contributed by atoms with E-state index in [-0.39, 0.29) is 17.8 Å². The molecule has 2 saturated carbocycles. The van der Waals surface area contributed by atoms with E-state index in [1.807, 2.05) is 0 Å². The van der Waals surface area contributed by atoms with Gasteiger partial charge in [-0.25, -0.2) is 13.2 Å². The van der Waals surface area contributed by atoms with Crippen LogP contribution in [0.4, 0.5) is 13.2 Å². The third kappa shape index (κ3) is 7.48. The zero-order chi connectivity index (χ0) is 22.9. The van der Waals surface area contributed by atoms with Crippen molar-refractivity contribution in [3.8, 4) is 5.75 Å². The number of carbonyl (C=O) groups is 1. The van der Waals surface area contributed by atoms with Crippen molar-refractivity contribution in [3.63, 3.8) is 0 Å². The Bertz CT molecular complexity index is 703. The number of esters is 1. The Morgan fingerprint density at radius 3 is 2.09 bits per heavy atom. The summed E-state index contributed by atoms with van der Waals surface area (Å²) in [6.45, 7) is 3.81. The van der Waals surface area contributed by atoms with Gasteiger partial charge in [0.1, 0.15) is 5.75 Å². The number of unbranched alkanes of at least 4 members (excludes halogenated alkanes) is 2. The molecule has 0 aliphatic heterocycles. The largest absolute Gasteiger partial charge is 0.426 e. The molecule has 0 atom stereocenters. The lowest BCUT2D eigenvalue weighted by Gasteiger charge is -2.31. The first-order valence-corrected chi connectivity index (χ1v) is 12.1. The zero-order valence-corrected chi connectivity index (χ0v) is 18.9. The number of ether oxygens (including phenoxy) is 3. The highest BCUT2D eigenvalue weighted by molar-refractivity contribution is 5.75. The van der Waals surface area contributed by atoms with Crippen LogP contribution in [0.5, 0.6) is 5.75 Å². The molecule has 0 N–H and O–H groups in total. The van der Waals surface area contributed by atoms with Crippen molar-refractivity contribution in [2.45, 2.75) is 89.8 Å². The van der Waals surface area contributed by atoms with Crippen LogP contribution in [-0.4, -0.2) is 31.4 Å². The van der Waals surface area contributed by atoms with Crippen LogP contribution in [0.2, 0.25) is 0 Å². The van der Waals surface area contributed by atoms with Gasteiger partial charge in [0.2, 0.25) is 0 Å². The summed E-state index contributed by atoms with van der Waals surface area (Å²) < 4.78 is 56.8. The van der Waals surface area contributed by atoms with Gasteiger partial charge in [-0.2, -0.15) is 0 Å². The summed E-state index contributed by atoms with van der Waals surface area (Å²) in [4.78, 5) is 12.3. The normalized spacial score (nSPS) is 26.1. The molecule has 0 heterocycles. The fourth-order valence-electron chi connectivity index (χ4n) is 4.60. The minimum absolute atomic E-state index is 0.128. The maximum atomic E-state index is 13.3. The standard InChI is InChI=1S/C25H35F3O4/c1-2-3-4-13-30-19-9-5-17(6-10-19)16-31-20-11-7-18(8-12-20)25(29)32-21-14-22(26)24(28)23(27)15-21/h14-15,17-20H,2-13,16H2,1H3/t17-,18-,19-,20-. The van der Waals surface area contributed by atoms with Crippen molar-refractivity contribution >= 4 is 5.97 Å². The van der Waals surface area contributed by atoms with Gasteiger partial charge in [0.05, 0.1) is 18.1 Å². The van der Waals surface area contributed by atoms with Gasteiger partial charge >= 0.3 is 5.97 Å². The fourth-order valence-corrected chi connectivity index (χ4v) is 4.60. The topological polar surface area (TPSA) is 44.8 Å². The van der Waals surface area contributed by atoms with E-state index in [1.165, 1.54) is 12.8 Å². The highest BCUT2D eigenvalue weighted by Crippen LogP contribution is 2.31. The fraction of sp³-hybridized carbons (Fsp3) is 0.720. The first-order valence-electron chi connectivity index (χ1n) is 12.1. The van der Waals surface area contributed by atoms with Crippen LogP contribution in [-0.2, 0) is 14.3 Å². The van der Waals surface area contributed by atoms with Gasteiger partial charge in [-0.3, -0.25) is 4.79 Å². The summed E-state index contributed by atoms with van der Waals surface area (Å²) in [5.74, 6) is -4.94. The molecule has 0 spiro atoms. The van der Waals surface area contributed by atoms with Gasteiger partial charge in [0.25, 0.3) is 0 Å². The second-order valence-electron chi connectivity index (χ2n) is 9.15. The van der Waals surface area contributed by atoms with E-state index >= 15 is 0 Å². The summed E-state index contributed by atoms with van der Waals surface area (Å²) >= 11 is 0. The Balaban J connectivity index is 1.31. The molecule has 32 heavy (non-hydrogen) atoms. The molecule has 0 radical (unpaired) electrons. The molecule has 7 heteroatoms. The SMILES string of the molecule is CCCCCO[C@H]1CC[C@H](CO[C@H]2CC[C@H](C(=O)Oc3cc(F)c(F)c(F)c3)CC2)CC1. The van der Waals surface area contributed by atoms with E-state index in [2.05, 4.69) is 6.92 Å². The molecular weight excluding hydrogens is 421 g/mol. The Morgan fingerprint density at radius 2 is 1.47 bits per heavy atom. The van der Waals surface area contributed by atoms with Gasteiger partial charge < -0.3 is 14.2 Å². The molecule has 2 aliphatic carbocycles. The number of benzene rings is 1. The molecule has 0 unspecified atom stereocenters. The lowest BCUT2D eigenvalue weighted by molar-refractivity contribution is -0.141. The first-order chi connectivity index (χ1) is 15.5. The van der Waals surface area contributed by atoms with Crippen LogP contribution in [0.3, 0.4) is 0 Å². The summed E-state index contributed by atoms with van der Waals surface area (Å²) in [5, 5.41) is 0. The van der Waals surface area contributed by atoms with Gasteiger partial charge in [-0.05, 0) is 63.7 Å². The van der Waals surface area contributed by atoms with Gasteiger partial charge in [-0.1, -0.05) is 19.8 Å². The quantitative estimate of drug-likeness (QED) is 0.178. The van der Waals surface area contributed by atoms with Gasteiger partial charge in [0.15, 0.2) is 17.5 Å². The summed E-state index contributed by atoms with van der Waals surface area (Å²) in [6.07, 6.45) is 11.3. The van der Waals surface area contributed by atoms with Crippen molar-refractivity contribution in [3.05, 3.63) is 29.6 Å². The lowest BCUT2D eigenvalue weighted by atomic mass is 9.86. The highest BCUT2D eigenvalue weighted by atomic mass is 19.2. The van der Waals surface area contributed by atoms with E-state index in [1.54, 1.807) is 0 Å². The van der Waals surface area contributed by atoms with Crippen molar-refractivity contribution < 1.29 is 32.2 Å². The highest BCUT2D eigenvalue weighted by Gasteiger charge is 2.30. The Kier molecular flexibility index (Phi) is 9.85. The molecule has 4 nitrogen and oxygen atoms in total. The molecule has 180 valence electrons. The van der Waals surface area contributed by atoms with E-state index in [4.69, 9.17) is 14.2 Å². The predicted octanol–water partition coefficient (Wildman–Crippen LogP) is 6.35. The van der Waals surface area contributed by atoms with Crippen molar-refractivity contribution in [1.29, 1.82) is 0 Å². The second kappa shape index (κ2) is 12.6. The maximum absolute atomic E-state index is 13.3. The van der Waals surface area contributed by atoms with Crippen molar-refractivity contribution in [1.82, 2.24) is 0 Å². The van der Waals surface area contributed by atoms with Gasteiger partial charge in [-0.15, -0.1) is 0 Å². The molecule has 0 aromatic heterocycles. The molecule has 0 saturated heterocycles. The average Bonchev–Trinajstić information content (AvgIpc) is 2.80. The Hall–Kier alpha value is -1.60. The average molecular weight is 457 g/mol. The molecule has 0 amide bonds. The summed E-state index contributed by atoms with van der Waals surface area (Å²) in [5.41, 5.74) is 0. The van der Waals surface area contributed by atoms with E-state index < -0.39 is 23.4 Å². The third-order valence-corrected chi connectivity index (χ3v) is 6.65. The smallest absolute Gasteiger partial charge is 0.314 e. The number of halogens is 3. The van der Waals surface area contributed by atoms with Crippen LogP contribution >= 0.6 is 0 Å². The number of hydrogen-bond donors (Lipinski definition) is 0. The Morgan fingerprint density at radius 1 is 0.875 bits per heavy atom. The Labute approximate surface area is 188 Å². The summed E-state index contributed by atoms with van der Waals surface area (Å²) in [7, 11) is 0. The molecule has 1 aromatic carbocycles. The molecule has 2 fully saturated rings. The molecule has 2 aliphatic rings. The monoisotopic (exact) mass is 456 g/mol. The lowest BCUT2D eigenvalue weighted by Crippen LogP contribution is -2.31. The number of hydrogen-bond acceptors (Lipinski definition) is 4. The van der Waals surface area contributed by atoms with Crippen LogP contribution in [0.15, 0.2) is 12.1 Å². The maximum Gasteiger partial charge on any atom is 0.314 e. The van der Waals surface area contributed by atoms with E-state index in [0.29, 0.717) is 37.0 Å². The molecule has 0 bridgehead atoms. The first kappa shape index (κ1) is 25.0. The van der Waals surface area contributed by atoms with Crippen LogP contribution < -0.4 is 4.74 Å². The zero-order valence-electron chi connectivity index (χ0n) is 18.9. The molecular formula is C25H35F3O4. The van der Waals surface area contributed by atoms with Crippen molar-refractivity contribution in [2.75, 3.05) is 13.2 Å².